The van der Waals surface area contributed by atoms with Crippen molar-refractivity contribution in [2.24, 2.45) is 0 Å². The van der Waals surface area contributed by atoms with Crippen molar-refractivity contribution < 1.29 is 16.8 Å². The molecule has 142 valence electrons. The number of hydrogen-bond donors (Lipinski definition) is 1. The number of pyridine rings is 1. The quantitative estimate of drug-likeness (QED) is 0.688. The van der Waals surface area contributed by atoms with Gasteiger partial charge in [-0.15, -0.1) is 0 Å². The lowest BCUT2D eigenvalue weighted by atomic mass is 10.1. The minimum absolute atomic E-state index is 0.0769. The van der Waals surface area contributed by atoms with Crippen LogP contribution in [0, 0.1) is 6.92 Å². The van der Waals surface area contributed by atoms with Gasteiger partial charge < -0.3 is 0 Å². The van der Waals surface area contributed by atoms with E-state index in [9.17, 15) is 16.8 Å². The standard InChI is InChI=1S/C17H18N4O4S2/c1-12-11-14(13-7-5-4-6-8-13)20-21(12)17-15(27(24,25)18-2)9-10-16(19-17)26(3,22)23/h4-11,18H,1-3H3. The number of aromatic nitrogens is 3. The zero-order valence-electron chi connectivity index (χ0n) is 14.9. The molecule has 0 aliphatic heterocycles. The maximum absolute atomic E-state index is 12.4. The zero-order chi connectivity index (χ0) is 19.8. The zero-order valence-corrected chi connectivity index (χ0v) is 16.5. The van der Waals surface area contributed by atoms with Gasteiger partial charge >= 0.3 is 0 Å². The summed E-state index contributed by atoms with van der Waals surface area (Å²) in [5.74, 6) is -0.0769. The third kappa shape index (κ3) is 3.77. The van der Waals surface area contributed by atoms with Crippen LogP contribution < -0.4 is 4.72 Å². The summed E-state index contributed by atoms with van der Waals surface area (Å²) in [7, 11) is -6.23. The van der Waals surface area contributed by atoms with E-state index in [2.05, 4.69) is 14.8 Å². The largest absolute Gasteiger partial charge is 0.244 e. The molecule has 0 spiro atoms. The number of rotatable bonds is 5. The molecule has 3 rings (SSSR count). The second kappa shape index (κ2) is 6.87. The summed E-state index contributed by atoms with van der Waals surface area (Å²) < 4.78 is 52.2. The molecule has 0 aliphatic carbocycles. The fourth-order valence-electron chi connectivity index (χ4n) is 2.54. The molecular formula is C17H18N4O4S2. The molecule has 10 heteroatoms. The lowest BCUT2D eigenvalue weighted by molar-refractivity contribution is 0.583. The van der Waals surface area contributed by atoms with E-state index < -0.39 is 19.9 Å². The summed E-state index contributed by atoms with van der Waals surface area (Å²) in [6.07, 6.45) is 1.01. The smallest absolute Gasteiger partial charge is 0.222 e. The molecule has 0 fully saturated rings. The van der Waals surface area contributed by atoms with E-state index in [1.165, 1.54) is 23.9 Å². The molecule has 1 aromatic carbocycles. The molecule has 0 saturated heterocycles. The van der Waals surface area contributed by atoms with Crippen molar-refractivity contribution in [1.82, 2.24) is 19.5 Å². The van der Waals surface area contributed by atoms with Crippen LogP contribution in [0.1, 0.15) is 5.69 Å². The van der Waals surface area contributed by atoms with Crippen LogP contribution in [-0.2, 0) is 19.9 Å². The highest BCUT2D eigenvalue weighted by atomic mass is 32.2. The van der Waals surface area contributed by atoms with Gasteiger partial charge in [-0.05, 0) is 32.2 Å². The third-order valence-electron chi connectivity index (χ3n) is 3.91. The summed E-state index contributed by atoms with van der Waals surface area (Å²) in [6.45, 7) is 1.74. The van der Waals surface area contributed by atoms with Gasteiger partial charge in [-0.2, -0.15) is 5.10 Å². The Balaban J connectivity index is 2.28. The number of benzene rings is 1. The highest BCUT2D eigenvalue weighted by Crippen LogP contribution is 2.25. The van der Waals surface area contributed by atoms with Gasteiger partial charge in [0.1, 0.15) is 4.90 Å². The number of hydrogen-bond acceptors (Lipinski definition) is 6. The molecule has 27 heavy (non-hydrogen) atoms. The molecule has 2 heterocycles. The van der Waals surface area contributed by atoms with Gasteiger partial charge in [0.25, 0.3) is 0 Å². The van der Waals surface area contributed by atoms with Crippen molar-refractivity contribution in [2.75, 3.05) is 13.3 Å². The molecule has 1 N–H and O–H groups in total. The van der Waals surface area contributed by atoms with Gasteiger partial charge in [-0.3, -0.25) is 0 Å². The molecule has 0 amide bonds. The molecule has 0 radical (unpaired) electrons. The molecule has 2 aromatic heterocycles. The highest BCUT2D eigenvalue weighted by Gasteiger charge is 2.24. The van der Waals surface area contributed by atoms with Gasteiger partial charge in [0, 0.05) is 17.5 Å². The van der Waals surface area contributed by atoms with Crippen molar-refractivity contribution in [3.63, 3.8) is 0 Å². The predicted octanol–water partition coefficient (Wildman–Crippen LogP) is 1.55. The van der Waals surface area contributed by atoms with E-state index in [1.54, 1.807) is 13.0 Å². The lowest BCUT2D eigenvalue weighted by Crippen LogP contribution is -2.22. The number of sulfonamides is 1. The molecule has 0 atom stereocenters. The van der Waals surface area contributed by atoms with E-state index >= 15 is 0 Å². The molecule has 0 aliphatic rings. The Morgan fingerprint density at radius 1 is 1.00 bits per heavy atom. The first-order valence-electron chi connectivity index (χ1n) is 7.90. The first-order chi connectivity index (χ1) is 12.6. The summed E-state index contributed by atoms with van der Waals surface area (Å²) in [4.78, 5) is 3.93. The van der Waals surface area contributed by atoms with Gasteiger partial charge in [0.2, 0.25) is 10.0 Å². The SMILES string of the molecule is CNS(=O)(=O)c1ccc(S(C)(=O)=O)nc1-n1nc(-c2ccccc2)cc1C. The van der Waals surface area contributed by atoms with Crippen molar-refractivity contribution in [1.29, 1.82) is 0 Å². The number of nitrogens with zero attached hydrogens (tertiary/aromatic N) is 3. The van der Waals surface area contributed by atoms with E-state index in [0.29, 0.717) is 11.4 Å². The molecule has 0 saturated carbocycles. The average molecular weight is 406 g/mol. The second-order valence-corrected chi connectivity index (χ2v) is 9.72. The first-order valence-corrected chi connectivity index (χ1v) is 11.3. The van der Waals surface area contributed by atoms with Crippen LogP contribution in [0.3, 0.4) is 0 Å². The van der Waals surface area contributed by atoms with Crippen LogP contribution in [0.2, 0.25) is 0 Å². The monoisotopic (exact) mass is 406 g/mol. The summed E-state index contributed by atoms with van der Waals surface area (Å²) in [5.41, 5.74) is 2.07. The van der Waals surface area contributed by atoms with E-state index in [1.807, 2.05) is 30.3 Å². The minimum Gasteiger partial charge on any atom is -0.222 e. The fourth-order valence-corrected chi connectivity index (χ4v) is 3.94. The maximum Gasteiger partial charge on any atom is 0.244 e. The van der Waals surface area contributed by atoms with Crippen LogP contribution in [0.15, 0.2) is 58.5 Å². The maximum atomic E-state index is 12.4. The fraction of sp³-hybridized carbons (Fsp3) is 0.176. The molecule has 3 aromatic rings. The minimum atomic E-state index is -3.88. The Morgan fingerprint density at radius 3 is 2.26 bits per heavy atom. The Kier molecular flexibility index (Phi) is 4.89. The normalized spacial score (nSPS) is 12.3. The number of aryl methyl sites for hydroxylation is 1. The Labute approximate surface area is 157 Å². The number of sulfone groups is 1. The van der Waals surface area contributed by atoms with Crippen molar-refractivity contribution >= 4 is 19.9 Å². The number of nitrogens with one attached hydrogen (secondary N) is 1. The van der Waals surface area contributed by atoms with Gasteiger partial charge in [0.15, 0.2) is 20.7 Å². The van der Waals surface area contributed by atoms with Gasteiger partial charge in [0.05, 0.1) is 5.69 Å². The predicted molar refractivity (Wildman–Crippen MR) is 101 cm³/mol. The summed E-state index contributed by atoms with van der Waals surface area (Å²) >= 11 is 0. The van der Waals surface area contributed by atoms with Crippen LogP contribution >= 0.6 is 0 Å². The Morgan fingerprint density at radius 2 is 1.67 bits per heavy atom. The first kappa shape index (κ1) is 19.2. The Hall–Kier alpha value is -2.56. The van der Waals surface area contributed by atoms with E-state index in [0.717, 1.165) is 11.8 Å². The highest BCUT2D eigenvalue weighted by molar-refractivity contribution is 7.90. The van der Waals surface area contributed by atoms with Crippen LogP contribution in [-0.4, -0.2) is 44.9 Å². The summed E-state index contributed by atoms with van der Waals surface area (Å²) in [6, 6.07) is 13.5. The van der Waals surface area contributed by atoms with Crippen LogP contribution in [0.5, 0.6) is 0 Å². The van der Waals surface area contributed by atoms with Crippen LogP contribution in [0.4, 0.5) is 0 Å². The molecule has 8 nitrogen and oxygen atoms in total. The van der Waals surface area contributed by atoms with Crippen molar-refractivity contribution in [3.8, 4) is 17.1 Å². The van der Waals surface area contributed by atoms with Crippen LogP contribution in [0.25, 0.3) is 17.1 Å². The summed E-state index contributed by atoms with van der Waals surface area (Å²) in [5, 5.41) is 4.22. The molecule has 0 bridgehead atoms. The van der Waals surface area contributed by atoms with Crippen molar-refractivity contribution in [3.05, 3.63) is 54.2 Å². The molecule has 0 unspecified atom stereocenters. The lowest BCUT2D eigenvalue weighted by Gasteiger charge is -2.11. The van der Waals surface area contributed by atoms with E-state index in [-0.39, 0.29) is 15.7 Å². The van der Waals surface area contributed by atoms with Gasteiger partial charge in [-0.1, -0.05) is 30.3 Å². The second-order valence-electron chi connectivity index (χ2n) is 5.90. The van der Waals surface area contributed by atoms with Crippen molar-refractivity contribution in [2.45, 2.75) is 16.8 Å². The third-order valence-corrected chi connectivity index (χ3v) is 6.33. The average Bonchev–Trinajstić information content (AvgIpc) is 3.03. The van der Waals surface area contributed by atoms with E-state index in [4.69, 9.17) is 0 Å². The Bertz CT molecular complexity index is 1200. The molecular weight excluding hydrogens is 388 g/mol. The van der Waals surface area contributed by atoms with Gasteiger partial charge in [-0.25, -0.2) is 31.2 Å². The topological polar surface area (TPSA) is 111 Å².